The third-order valence-electron chi connectivity index (χ3n) is 4.22. The minimum Gasteiger partial charge on any atom is -0.457 e. The summed E-state index contributed by atoms with van der Waals surface area (Å²) in [6, 6.07) is 22.5. The summed E-state index contributed by atoms with van der Waals surface area (Å²) in [7, 11) is 0. The summed E-state index contributed by atoms with van der Waals surface area (Å²) in [4.78, 5) is 12.3. The number of fused-ring (bicyclic) bond motifs is 1. The van der Waals surface area contributed by atoms with Crippen LogP contribution in [0.4, 0.5) is 5.69 Å². The second kappa shape index (κ2) is 7.93. The molecule has 0 fully saturated rings. The summed E-state index contributed by atoms with van der Waals surface area (Å²) >= 11 is 12.1. The van der Waals surface area contributed by atoms with Crippen molar-refractivity contribution in [3.63, 3.8) is 0 Å². The first kappa shape index (κ1) is 18.4. The highest BCUT2D eigenvalue weighted by Crippen LogP contribution is 2.29. The van der Waals surface area contributed by atoms with Crippen molar-refractivity contribution in [3.8, 4) is 11.3 Å². The van der Waals surface area contributed by atoms with Crippen molar-refractivity contribution in [1.29, 1.82) is 0 Å². The third-order valence-corrected chi connectivity index (χ3v) is 4.66. The highest BCUT2D eigenvalue weighted by Gasteiger charge is 2.07. The van der Waals surface area contributed by atoms with Crippen molar-refractivity contribution >= 4 is 51.6 Å². The highest BCUT2D eigenvalue weighted by molar-refractivity contribution is 6.35. The first-order chi connectivity index (χ1) is 13.6. The fourth-order valence-corrected chi connectivity index (χ4v) is 3.49. The van der Waals surface area contributed by atoms with Crippen LogP contribution in [-0.2, 0) is 4.79 Å². The molecule has 1 N–H and O–H groups in total. The van der Waals surface area contributed by atoms with Gasteiger partial charge in [-0.1, -0.05) is 59.6 Å². The molecule has 0 atom stereocenters. The van der Waals surface area contributed by atoms with Gasteiger partial charge in [0.1, 0.15) is 11.5 Å². The monoisotopic (exact) mass is 407 g/mol. The van der Waals surface area contributed by atoms with E-state index in [0.29, 0.717) is 21.6 Å². The van der Waals surface area contributed by atoms with E-state index in [0.717, 1.165) is 22.0 Å². The van der Waals surface area contributed by atoms with Gasteiger partial charge in [-0.2, -0.15) is 0 Å². The normalized spacial score (nSPS) is 11.2. The van der Waals surface area contributed by atoms with E-state index in [9.17, 15) is 4.79 Å². The average molecular weight is 408 g/mol. The number of carbonyl (C=O) groups excluding carboxylic acids is 1. The average Bonchev–Trinajstić information content (AvgIpc) is 3.15. The lowest BCUT2D eigenvalue weighted by Crippen LogP contribution is -2.07. The van der Waals surface area contributed by atoms with Crippen LogP contribution in [0.5, 0.6) is 0 Å². The van der Waals surface area contributed by atoms with Crippen LogP contribution in [0.3, 0.4) is 0 Å². The first-order valence-corrected chi connectivity index (χ1v) is 9.37. The van der Waals surface area contributed by atoms with Gasteiger partial charge in [-0.25, -0.2) is 0 Å². The molecule has 138 valence electrons. The third kappa shape index (κ3) is 4.11. The Hall–Kier alpha value is -3.01. The second-order valence-electron chi connectivity index (χ2n) is 6.21. The van der Waals surface area contributed by atoms with E-state index in [1.807, 2.05) is 48.5 Å². The van der Waals surface area contributed by atoms with Crippen molar-refractivity contribution in [1.82, 2.24) is 0 Å². The molecule has 3 nitrogen and oxygen atoms in total. The maximum absolute atomic E-state index is 12.3. The summed E-state index contributed by atoms with van der Waals surface area (Å²) < 4.78 is 5.77. The van der Waals surface area contributed by atoms with Gasteiger partial charge in [0.05, 0.1) is 0 Å². The fourth-order valence-electron chi connectivity index (χ4n) is 2.96. The van der Waals surface area contributed by atoms with Gasteiger partial charge in [0.15, 0.2) is 0 Å². The van der Waals surface area contributed by atoms with E-state index < -0.39 is 0 Å². The maximum atomic E-state index is 12.3. The first-order valence-electron chi connectivity index (χ1n) is 8.62. The molecule has 0 spiro atoms. The summed E-state index contributed by atoms with van der Waals surface area (Å²) in [5.41, 5.74) is 1.54. The molecule has 0 saturated carbocycles. The molecule has 0 saturated heterocycles. The standard InChI is InChI=1S/C23H15Cl2NO2/c24-17-12-16(13-18(25)14-17)22-10-8-19(28-22)9-11-23(27)26-21-7-3-5-15-4-1-2-6-20(15)21/h1-14H,(H,26,27)/b11-9+. The summed E-state index contributed by atoms with van der Waals surface area (Å²) in [5.74, 6) is 0.942. The molecular formula is C23H15Cl2NO2. The smallest absolute Gasteiger partial charge is 0.248 e. The number of benzene rings is 3. The van der Waals surface area contributed by atoms with E-state index >= 15 is 0 Å². The summed E-state index contributed by atoms with van der Waals surface area (Å²) in [6.45, 7) is 0. The van der Waals surface area contributed by atoms with Crippen molar-refractivity contribution in [2.24, 2.45) is 0 Å². The molecule has 1 heterocycles. The van der Waals surface area contributed by atoms with Gasteiger partial charge in [-0.05, 0) is 47.9 Å². The van der Waals surface area contributed by atoms with E-state index in [1.165, 1.54) is 6.08 Å². The molecular weight excluding hydrogens is 393 g/mol. The molecule has 0 aliphatic carbocycles. The second-order valence-corrected chi connectivity index (χ2v) is 7.08. The quantitative estimate of drug-likeness (QED) is 0.368. The van der Waals surface area contributed by atoms with E-state index in [2.05, 4.69) is 5.32 Å². The van der Waals surface area contributed by atoms with Crippen LogP contribution in [0, 0.1) is 0 Å². The molecule has 4 rings (SSSR count). The van der Waals surface area contributed by atoms with Gasteiger partial charge in [-0.15, -0.1) is 0 Å². The Bertz CT molecular complexity index is 1170. The Balaban J connectivity index is 1.50. The van der Waals surface area contributed by atoms with Gasteiger partial charge in [-0.3, -0.25) is 4.79 Å². The molecule has 4 aromatic rings. The fraction of sp³-hybridized carbons (Fsp3) is 0. The van der Waals surface area contributed by atoms with Gasteiger partial charge in [0, 0.05) is 32.8 Å². The molecule has 1 amide bonds. The van der Waals surface area contributed by atoms with Gasteiger partial charge in [0.25, 0.3) is 0 Å². The molecule has 3 aromatic carbocycles. The van der Waals surface area contributed by atoms with Crippen LogP contribution < -0.4 is 5.32 Å². The Morgan fingerprint density at radius 1 is 0.893 bits per heavy atom. The molecule has 0 radical (unpaired) electrons. The predicted molar refractivity (Wildman–Crippen MR) is 116 cm³/mol. The van der Waals surface area contributed by atoms with Gasteiger partial charge >= 0.3 is 0 Å². The Kier molecular flexibility index (Phi) is 5.20. The minimum atomic E-state index is -0.236. The van der Waals surface area contributed by atoms with Crippen LogP contribution in [0.2, 0.25) is 10.0 Å². The topological polar surface area (TPSA) is 42.2 Å². The Morgan fingerprint density at radius 2 is 1.64 bits per heavy atom. The van der Waals surface area contributed by atoms with Crippen LogP contribution in [0.1, 0.15) is 5.76 Å². The van der Waals surface area contributed by atoms with E-state index in [1.54, 1.807) is 30.3 Å². The van der Waals surface area contributed by atoms with Crippen molar-refractivity contribution in [2.45, 2.75) is 0 Å². The molecule has 0 bridgehead atoms. The zero-order chi connectivity index (χ0) is 19.5. The van der Waals surface area contributed by atoms with Crippen molar-refractivity contribution in [3.05, 3.63) is 94.7 Å². The number of rotatable bonds is 4. The lowest BCUT2D eigenvalue weighted by Gasteiger charge is -2.06. The predicted octanol–water partition coefficient (Wildman–Crippen LogP) is 7.06. The molecule has 0 aliphatic heterocycles. The number of furan rings is 1. The molecule has 0 aliphatic rings. The van der Waals surface area contributed by atoms with Crippen LogP contribution in [0.25, 0.3) is 28.2 Å². The van der Waals surface area contributed by atoms with Gasteiger partial charge < -0.3 is 9.73 Å². The zero-order valence-electron chi connectivity index (χ0n) is 14.7. The number of halogens is 2. The number of carbonyl (C=O) groups is 1. The molecule has 0 unspecified atom stereocenters. The number of amides is 1. The van der Waals surface area contributed by atoms with Crippen molar-refractivity contribution in [2.75, 3.05) is 5.32 Å². The summed E-state index contributed by atoms with van der Waals surface area (Å²) in [5, 5.41) is 6.03. The van der Waals surface area contributed by atoms with Gasteiger partial charge in [0.2, 0.25) is 5.91 Å². The van der Waals surface area contributed by atoms with Crippen LogP contribution in [-0.4, -0.2) is 5.91 Å². The summed E-state index contributed by atoms with van der Waals surface area (Å²) in [6.07, 6.45) is 3.06. The lowest BCUT2D eigenvalue weighted by atomic mass is 10.1. The molecule has 28 heavy (non-hydrogen) atoms. The van der Waals surface area contributed by atoms with E-state index in [4.69, 9.17) is 27.6 Å². The zero-order valence-corrected chi connectivity index (χ0v) is 16.2. The number of hydrogen-bond donors (Lipinski definition) is 1. The van der Waals surface area contributed by atoms with E-state index in [-0.39, 0.29) is 5.91 Å². The van der Waals surface area contributed by atoms with Crippen LogP contribution in [0.15, 0.2) is 83.3 Å². The number of anilines is 1. The maximum Gasteiger partial charge on any atom is 0.248 e. The molecule has 1 aromatic heterocycles. The number of hydrogen-bond acceptors (Lipinski definition) is 2. The van der Waals surface area contributed by atoms with Crippen LogP contribution >= 0.6 is 23.2 Å². The SMILES string of the molecule is O=C(/C=C/c1ccc(-c2cc(Cl)cc(Cl)c2)o1)Nc1cccc2ccccc12. The minimum absolute atomic E-state index is 0.236. The Labute approximate surface area is 172 Å². The molecule has 5 heteroatoms. The lowest BCUT2D eigenvalue weighted by molar-refractivity contribution is -0.111. The number of nitrogens with one attached hydrogen (secondary N) is 1. The Morgan fingerprint density at radius 3 is 2.46 bits per heavy atom. The highest BCUT2D eigenvalue weighted by atomic mass is 35.5. The largest absolute Gasteiger partial charge is 0.457 e. The van der Waals surface area contributed by atoms with Crippen molar-refractivity contribution < 1.29 is 9.21 Å².